The minimum Gasteiger partial charge on any atom is -0.497 e. The van der Waals surface area contributed by atoms with E-state index in [0.29, 0.717) is 0 Å². The number of hydrogen-bond acceptors (Lipinski definition) is 3. The molecule has 4 nitrogen and oxygen atoms in total. The molecule has 2 atom stereocenters. The first-order chi connectivity index (χ1) is 13.2. The summed E-state index contributed by atoms with van der Waals surface area (Å²) in [5.41, 5.74) is 2.99. The van der Waals surface area contributed by atoms with Crippen LogP contribution in [0.25, 0.3) is 0 Å². The summed E-state index contributed by atoms with van der Waals surface area (Å²) in [6.45, 7) is 0. The molecule has 0 N–H and O–H groups in total. The molecule has 1 amide bonds. The number of rotatable bonds is 5. The van der Waals surface area contributed by atoms with E-state index in [9.17, 15) is 4.79 Å². The zero-order valence-electron chi connectivity index (χ0n) is 15.3. The number of para-hydroxylation sites is 1. The van der Waals surface area contributed by atoms with Crippen molar-refractivity contribution in [3.8, 4) is 11.5 Å². The Kier molecular flexibility index (Phi) is 4.55. The molecular formula is C23H21NO3. The lowest BCUT2D eigenvalue weighted by Gasteiger charge is -2.47. The summed E-state index contributed by atoms with van der Waals surface area (Å²) in [5, 5.41) is 0. The molecule has 1 aliphatic heterocycles. The van der Waals surface area contributed by atoms with E-state index in [0.717, 1.165) is 28.3 Å². The summed E-state index contributed by atoms with van der Waals surface area (Å²) >= 11 is 0. The van der Waals surface area contributed by atoms with Gasteiger partial charge in [-0.1, -0.05) is 42.5 Å². The van der Waals surface area contributed by atoms with Crippen LogP contribution in [0.15, 0.2) is 78.9 Å². The second-order valence-electron chi connectivity index (χ2n) is 6.51. The number of methoxy groups -OCH3 is 2. The zero-order valence-corrected chi connectivity index (χ0v) is 15.3. The molecule has 4 heteroatoms. The smallest absolute Gasteiger partial charge is 0.237 e. The molecule has 3 aromatic rings. The maximum absolute atomic E-state index is 13.1. The van der Waals surface area contributed by atoms with E-state index in [1.807, 2.05) is 83.8 Å². The fraction of sp³-hybridized carbons (Fsp3) is 0.174. The molecule has 1 saturated heterocycles. The van der Waals surface area contributed by atoms with Crippen molar-refractivity contribution in [2.75, 3.05) is 19.1 Å². The van der Waals surface area contributed by atoms with E-state index in [2.05, 4.69) is 0 Å². The van der Waals surface area contributed by atoms with Gasteiger partial charge in [-0.25, -0.2) is 0 Å². The number of benzene rings is 3. The van der Waals surface area contributed by atoms with Crippen molar-refractivity contribution in [2.45, 2.75) is 12.0 Å². The highest BCUT2D eigenvalue weighted by Gasteiger charge is 2.49. The fourth-order valence-electron chi connectivity index (χ4n) is 3.64. The van der Waals surface area contributed by atoms with E-state index in [-0.39, 0.29) is 17.9 Å². The van der Waals surface area contributed by atoms with Gasteiger partial charge in [0.15, 0.2) is 0 Å². The monoisotopic (exact) mass is 359 g/mol. The molecule has 1 heterocycles. The van der Waals surface area contributed by atoms with Crippen LogP contribution in [-0.2, 0) is 4.79 Å². The van der Waals surface area contributed by atoms with Crippen molar-refractivity contribution >= 4 is 11.6 Å². The summed E-state index contributed by atoms with van der Waals surface area (Å²) in [5.74, 6) is 1.47. The first-order valence-corrected chi connectivity index (χ1v) is 8.89. The van der Waals surface area contributed by atoms with Crippen LogP contribution in [0.4, 0.5) is 5.69 Å². The van der Waals surface area contributed by atoms with Crippen LogP contribution in [0.5, 0.6) is 11.5 Å². The quantitative estimate of drug-likeness (QED) is 0.626. The van der Waals surface area contributed by atoms with Gasteiger partial charge in [-0.15, -0.1) is 0 Å². The molecule has 0 aromatic heterocycles. The molecular weight excluding hydrogens is 338 g/mol. The fourth-order valence-corrected chi connectivity index (χ4v) is 3.64. The van der Waals surface area contributed by atoms with Gasteiger partial charge in [0, 0.05) is 5.69 Å². The number of carbonyl (C=O) groups is 1. The predicted octanol–water partition coefficient (Wildman–Crippen LogP) is 4.58. The summed E-state index contributed by atoms with van der Waals surface area (Å²) in [4.78, 5) is 15.0. The number of anilines is 1. The van der Waals surface area contributed by atoms with E-state index >= 15 is 0 Å². The van der Waals surface area contributed by atoms with Gasteiger partial charge in [-0.2, -0.15) is 0 Å². The SMILES string of the molecule is COc1ccc([C@H]2C(=O)N(c3ccccc3)[C@@H]2c2ccc(OC)cc2)cc1. The van der Waals surface area contributed by atoms with Crippen LogP contribution in [0, 0.1) is 0 Å². The summed E-state index contributed by atoms with van der Waals surface area (Å²) in [7, 11) is 3.29. The van der Waals surface area contributed by atoms with Crippen LogP contribution in [0.1, 0.15) is 23.1 Å². The molecule has 1 aliphatic rings. The number of ether oxygens (including phenoxy) is 2. The van der Waals surface area contributed by atoms with Crippen molar-refractivity contribution in [3.05, 3.63) is 90.0 Å². The topological polar surface area (TPSA) is 38.8 Å². The molecule has 0 unspecified atom stereocenters. The van der Waals surface area contributed by atoms with E-state index in [4.69, 9.17) is 9.47 Å². The highest BCUT2D eigenvalue weighted by Crippen LogP contribution is 2.49. The highest BCUT2D eigenvalue weighted by atomic mass is 16.5. The van der Waals surface area contributed by atoms with Crippen LogP contribution in [0.2, 0.25) is 0 Å². The summed E-state index contributed by atoms with van der Waals surface area (Å²) in [6, 6.07) is 25.4. The highest BCUT2D eigenvalue weighted by molar-refractivity contribution is 6.06. The molecule has 27 heavy (non-hydrogen) atoms. The third-order valence-electron chi connectivity index (χ3n) is 5.06. The van der Waals surface area contributed by atoms with Crippen LogP contribution in [-0.4, -0.2) is 20.1 Å². The second kappa shape index (κ2) is 7.16. The average molecular weight is 359 g/mol. The third-order valence-corrected chi connectivity index (χ3v) is 5.06. The maximum Gasteiger partial charge on any atom is 0.237 e. The van der Waals surface area contributed by atoms with Crippen molar-refractivity contribution < 1.29 is 14.3 Å². The van der Waals surface area contributed by atoms with E-state index < -0.39 is 0 Å². The average Bonchev–Trinajstić information content (AvgIpc) is 2.73. The van der Waals surface area contributed by atoms with E-state index in [1.54, 1.807) is 14.2 Å². The zero-order chi connectivity index (χ0) is 18.8. The Morgan fingerprint density at radius 1 is 0.704 bits per heavy atom. The normalized spacial score (nSPS) is 18.7. The third kappa shape index (κ3) is 3.04. The Bertz CT molecular complexity index is 920. The molecule has 4 rings (SSSR count). The number of nitrogens with zero attached hydrogens (tertiary/aromatic N) is 1. The van der Waals surface area contributed by atoms with Crippen LogP contribution in [0.3, 0.4) is 0 Å². The molecule has 0 bridgehead atoms. The second-order valence-corrected chi connectivity index (χ2v) is 6.51. The first-order valence-electron chi connectivity index (χ1n) is 8.89. The lowest BCUT2D eigenvalue weighted by molar-refractivity contribution is -0.126. The van der Waals surface area contributed by atoms with Crippen molar-refractivity contribution in [2.24, 2.45) is 0 Å². The molecule has 0 aliphatic carbocycles. The van der Waals surface area contributed by atoms with Crippen molar-refractivity contribution in [3.63, 3.8) is 0 Å². The number of amides is 1. The molecule has 136 valence electrons. The van der Waals surface area contributed by atoms with Gasteiger partial charge in [0.2, 0.25) is 5.91 Å². The van der Waals surface area contributed by atoms with Gasteiger partial charge in [0.25, 0.3) is 0 Å². The molecule has 0 radical (unpaired) electrons. The van der Waals surface area contributed by atoms with Crippen molar-refractivity contribution in [1.29, 1.82) is 0 Å². The number of β-lactam (4-membered cyclic amide) rings is 1. The Labute approximate surface area is 159 Å². The van der Waals surface area contributed by atoms with Gasteiger partial charge >= 0.3 is 0 Å². The molecule has 1 fully saturated rings. The van der Waals surface area contributed by atoms with Gasteiger partial charge in [-0.05, 0) is 47.5 Å². The lowest BCUT2D eigenvalue weighted by Crippen LogP contribution is -2.53. The van der Waals surface area contributed by atoms with Crippen LogP contribution >= 0.6 is 0 Å². The van der Waals surface area contributed by atoms with Gasteiger partial charge in [-0.3, -0.25) is 4.79 Å². The lowest BCUT2D eigenvalue weighted by atomic mass is 9.77. The molecule has 0 saturated carbocycles. The summed E-state index contributed by atoms with van der Waals surface area (Å²) in [6.07, 6.45) is 0. The Balaban J connectivity index is 1.73. The minimum atomic E-state index is -0.218. The summed E-state index contributed by atoms with van der Waals surface area (Å²) < 4.78 is 10.5. The minimum absolute atomic E-state index is 0.0563. The Morgan fingerprint density at radius 2 is 1.22 bits per heavy atom. The van der Waals surface area contributed by atoms with Gasteiger partial charge in [0.05, 0.1) is 26.2 Å². The first kappa shape index (κ1) is 17.2. The standard InChI is InChI=1S/C23H21NO3/c1-26-19-12-8-16(9-13-19)21-22(17-10-14-20(27-2)15-11-17)24(23(21)25)18-6-4-3-5-7-18/h3-15,21-22H,1-2H3/t21-,22-/m1/s1. The van der Waals surface area contributed by atoms with Gasteiger partial charge < -0.3 is 14.4 Å². The maximum atomic E-state index is 13.1. The van der Waals surface area contributed by atoms with Crippen LogP contribution < -0.4 is 14.4 Å². The Morgan fingerprint density at radius 3 is 1.74 bits per heavy atom. The number of hydrogen-bond donors (Lipinski definition) is 0. The molecule has 3 aromatic carbocycles. The van der Waals surface area contributed by atoms with Gasteiger partial charge in [0.1, 0.15) is 11.5 Å². The largest absolute Gasteiger partial charge is 0.497 e. The Hall–Kier alpha value is -3.27. The van der Waals surface area contributed by atoms with E-state index in [1.165, 1.54) is 0 Å². The number of carbonyl (C=O) groups excluding carboxylic acids is 1. The molecule has 0 spiro atoms. The van der Waals surface area contributed by atoms with Crippen molar-refractivity contribution in [1.82, 2.24) is 0 Å². The predicted molar refractivity (Wildman–Crippen MR) is 105 cm³/mol.